The van der Waals surface area contributed by atoms with Crippen LogP contribution in [0.5, 0.6) is 0 Å². The first kappa shape index (κ1) is 16.8. The average Bonchev–Trinajstić information content (AvgIpc) is 2.35. The molecule has 1 rings (SSSR count). The molecule has 8 heteroatoms. The fourth-order valence-corrected chi connectivity index (χ4v) is 1.38. The van der Waals surface area contributed by atoms with E-state index in [0.717, 1.165) is 12.1 Å². The highest BCUT2D eigenvalue weighted by Gasteiger charge is 2.30. The van der Waals surface area contributed by atoms with E-state index in [1.54, 1.807) is 0 Å². The van der Waals surface area contributed by atoms with Crippen molar-refractivity contribution >= 4 is 12.0 Å². The first-order chi connectivity index (χ1) is 9.52. The third-order valence-corrected chi connectivity index (χ3v) is 2.70. The van der Waals surface area contributed by atoms with Gasteiger partial charge in [-0.15, -0.1) is 0 Å². The Hall–Kier alpha value is -2.25. The van der Waals surface area contributed by atoms with Gasteiger partial charge < -0.3 is 15.7 Å². The number of nitrogens with one attached hydrogen (secondary N) is 2. The lowest BCUT2D eigenvalue weighted by molar-refractivity contribution is -0.143. The van der Waals surface area contributed by atoms with Crippen LogP contribution < -0.4 is 10.6 Å². The fraction of sp³-hybridized carbons (Fsp3) is 0.385. The molecule has 0 bridgehead atoms. The van der Waals surface area contributed by atoms with Gasteiger partial charge >= 0.3 is 18.2 Å². The molecule has 0 aliphatic carbocycles. The Kier molecular flexibility index (Phi) is 4.82. The summed E-state index contributed by atoms with van der Waals surface area (Å²) in [5.41, 5.74) is -1.75. The molecule has 0 saturated carbocycles. The molecule has 0 unspecified atom stereocenters. The molecule has 0 heterocycles. The van der Waals surface area contributed by atoms with E-state index < -0.39 is 29.3 Å². The molecule has 0 spiro atoms. The summed E-state index contributed by atoms with van der Waals surface area (Å²) >= 11 is 0. The lowest BCUT2D eigenvalue weighted by Gasteiger charge is -2.21. The second-order valence-corrected chi connectivity index (χ2v) is 4.93. The molecule has 21 heavy (non-hydrogen) atoms. The molecule has 5 nitrogen and oxygen atoms in total. The number of aliphatic carboxylic acids is 1. The third kappa shape index (κ3) is 4.97. The second kappa shape index (κ2) is 6.02. The number of urea groups is 1. The average molecular weight is 304 g/mol. The maximum absolute atomic E-state index is 12.4. The Bertz CT molecular complexity index is 524. The molecule has 0 radical (unpaired) electrons. The highest BCUT2D eigenvalue weighted by molar-refractivity contribution is 5.85. The summed E-state index contributed by atoms with van der Waals surface area (Å²) in [5, 5.41) is 13.4. The Morgan fingerprint density at radius 3 is 2.10 bits per heavy atom. The van der Waals surface area contributed by atoms with E-state index in [9.17, 15) is 22.8 Å². The predicted molar refractivity (Wildman–Crippen MR) is 68.5 cm³/mol. The van der Waals surface area contributed by atoms with Gasteiger partial charge in [0.1, 0.15) is 5.54 Å². The van der Waals surface area contributed by atoms with Crippen molar-refractivity contribution in [2.75, 3.05) is 0 Å². The number of carbonyl (C=O) groups excluding carboxylic acids is 1. The van der Waals surface area contributed by atoms with E-state index in [1.807, 2.05) is 0 Å². The first-order valence-electron chi connectivity index (χ1n) is 5.98. The van der Waals surface area contributed by atoms with Crippen LogP contribution in [0.25, 0.3) is 0 Å². The molecule has 0 atom stereocenters. The zero-order chi connectivity index (χ0) is 16.3. The highest BCUT2D eigenvalue weighted by Crippen LogP contribution is 2.28. The molecule has 0 fully saturated rings. The van der Waals surface area contributed by atoms with Crippen molar-refractivity contribution in [2.24, 2.45) is 0 Å². The van der Waals surface area contributed by atoms with Crippen LogP contribution in [0.3, 0.4) is 0 Å². The van der Waals surface area contributed by atoms with E-state index in [-0.39, 0.29) is 6.54 Å². The van der Waals surface area contributed by atoms with Gasteiger partial charge in [0.15, 0.2) is 0 Å². The fourth-order valence-electron chi connectivity index (χ4n) is 1.38. The molecule has 1 aromatic carbocycles. The number of carbonyl (C=O) groups is 2. The summed E-state index contributed by atoms with van der Waals surface area (Å²) in [5.74, 6) is -1.20. The molecule has 3 N–H and O–H groups in total. The van der Waals surface area contributed by atoms with Crippen molar-refractivity contribution in [3.8, 4) is 0 Å². The minimum Gasteiger partial charge on any atom is -0.480 e. The van der Waals surface area contributed by atoms with Gasteiger partial charge in [-0.1, -0.05) is 12.1 Å². The zero-order valence-electron chi connectivity index (χ0n) is 11.4. The van der Waals surface area contributed by atoms with E-state index in [0.29, 0.717) is 5.56 Å². The molecule has 1 aromatic rings. The van der Waals surface area contributed by atoms with Gasteiger partial charge in [0, 0.05) is 6.54 Å². The Labute approximate surface area is 119 Å². The molecule has 116 valence electrons. The molecular formula is C13H15F3N2O3. The Balaban J connectivity index is 2.56. The van der Waals surface area contributed by atoms with Gasteiger partial charge in [-0.25, -0.2) is 9.59 Å². The summed E-state index contributed by atoms with van der Waals surface area (Å²) in [7, 11) is 0. The van der Waals surface area contributed by atoms with Gasteiger partial charge in [-0.05, 0) is 31.5 Å². The standard InChI is InChI=1S/C13H15F3N2O3/c1-12(2,10(19)20)18-11(21)17-7-8-3-5-9(6-4-8)13(14,15)16/h3-6H,7H2,1-2H3,(H,19,20)(H2,17,18,21). The summed E-state index contributed by atoms with van der Waals surface area (Å²) < 4.78 is 37.1. The first-order valence-corrected chi connectivity index (χ1v) is 5.98. The Morgan fingerprint density at radius 1 is 1.14 bits per heavy atom. The summed E-state index contributed by atoms with van der Waals surface area (Å²) in [6.07, 6.45) is -4.41. The maximum Gasteiger partial charge on any atom is 0.416 e. The van der Waals surface area contributed by atoms with Gasteiger partial charge in [0.05, 0.1) is 5.56 Å². The normalized spacial score (nSPS) is 11.9. The molecule has 2 amide bonds. The van der Waals surface area contributed by atoms with Crippen molar-refractivity contribution in [1.82, 2.24) is 10.6 Å². The van der Waals surface area contributed by atoms with Crippen molar-refractivity contribution in [3.63, 3.8) is 0 Å². The van der Waals surface area contributed by atoms with Gasteiger partial charge in [0.25, 0.3) is 0 Å². The molecular weight excluding hydrogens is 289 g/mol. The number of benzene rings is 1. The van der Waals surface area contributed by atoms with Crippen molar-refractivity contribution in [1.29, 1.82) is 0 Å². The number of amides is 2. The van der Waals surface area contributed by atoms with Crippen LogP contribution in [0.15, 0.2) is 24.3 Å². The van der Waals surface area contributed by atoms with Gasteiger partial charge in [-0.3, -0.25) is 0 Å². The number of alkyl halides is 3. The van der Waals surface area contributed by atoms with E-state index >= 15 is 0 Å². The van der Waals surface area contributed by atoms with E-state index in [4.69, 9.17) is 5.11 Å². The van der Waals surface area contributed by atoms with Crippen molar-refractivity contribution in [2.45, 2.75) is 32.1 Å². The lowest BCUT2D eigenvalue weighted by atomic mass is 10.1. The summed E-state index contributed by atoms with van der Waals surface area (Å²) in [6.45, 7) is 2.61. The lowest BCUT2D eigenvalue weighted by Crippen LogP contribution is -2.52. The number of rotatable bonds is 4. The van der Waals surface area contributed by atoms with Gasteiger partial charge in [0.2, 0.25) is 0 Å². The number of hydrogen-bond donors (Lipinski definition) is 3. The van der Waals surface area contributed by atoms with Crippen LogP contribution in [0.2, 0.25) is 0 Å². The predicted octanol–water partition coefficient (Wildman–Crippen LogP) is 2.37. The largest absolute Gasteiger partial charge is 0.480 e. The molecule has 0 saturated heterocycles. The van der Waals surface area contributed by atoms with E-state index in [1.165, 1.54) is 26.0 Å². The quantitative estimate of drug-likeness (QED) is 0.799. The number of hydrogen-bond acceptors (Lipinski definition) is 2. The van der Waals surface area contributed by atoms with Crippen LogP contribution in [0.4, 0.5) is 18.0 Å². The monoisotopic (exact) mass is 304 g/mol. The molecule has 0 aromatic heterocycles. The minimum absolute atomic E-state index is 0.0142. The topological polar surface area (TPSA) is 78.4 Å². The number of halogens is 3. The molecule has 0 aliphatic rings. The summed E-state index contributed by atoms with van der Waals surface area (Å²) in [4.78, 5) is 22.3. The van der Waals surface area contributed by atoms with Crippen LogP contribution in [-0.4, -0.2) is 22.6 Å². The van der Waals surface area contributed by atoms with Crippen molar-refractivity contribution < 1.29 is 27.9 Å². The van der Waals surface area contributed by atoms with Crippen LogP contribution in [-0.2, 0) is 17.5 Å². The minimum atomic E-state index is -4.41. The van der Waals surface area contributed by atoms with E-state index in [2.05, 4.69) is 10.6 Å². The summed E-state index contributed by atoms with van der Waals surface area (Å²) in [6, 6.07) is 3.59. The third-order valence-electron chi connectivity index (χ3n) is 2.70. The highest BCUT2D eigenvalue weighted by atomic mass is 19.4. The number of carboxylic acids is 1. The molecule has 0 aliphatic heterocycles. The maximum atomic E-state index is 12.4. The zero-order valence-corrected chi connectivity index (χ0v) is 11.4. The Morgan fingerprint density at radius 2 is 1.67 bits per heavy atom. The second-order valence-electron chi connectivity index (χ2n) is 4.93. The number of carboxylic acid groups (broad SMARTS) is 1. The SMILES string of the molecule is CC(C)(NC(=O)NCc1ccc(C(F)(F)F)cc1)C(=O)O. The smallest absolute Gasteiger partial charge is 0.416 e. The van der Waals surface area contributed by atoms with Crippen molar-refractivity contribution in [3.05, 3.63) is 35.4 Å². The van der Waals surface area contributed by atoms with Crippen LogP contribution >= 0.6 is 0 Å². The van der Waals surface area contributed by atoms with Crippen LogP contribution in [0.1, 0.15) is 25.0 Å². The van der Waals surface area contributed by atoms with Gasteiger partial charge in [-0.2, -0.15) is 13.2 Å². The van der Waals surface area contributed by atoms with Crippen LogP contribution in [0, 0.1) is 0 Å².